The Morgan fingerprint density at radius 3 is 2.65 bits per heavy atom. The van der Waals surface area contributed by atoms with Gasteiger partial charge in [0.1, 0.15) is 17.2 Å². The molecule has 1 unspecified atom stereocenters. The van der Waals surface area contributed by atoms with Gasteiger partial charge in [-0.3, -0.25) is 4.79 Å². The number of rotatable bonds is 4. The molecule has 5 nitrogen and oxygen atoms in total. The van der Waals surface area contributed by atoms with Crippen LogP contribution in [0.4, 0.5) is 13.6 Å². The normalized spacial score (nSPS) is 17.1. The SMILES string of the molecule is C=Cc1cc(F)c(CC(=O)N2CCC(NC(=O)OC(C)(C)C)C2)cc1F. The maximum absolute atomic E-state index is 14.0. The summed E-state index contributed by atoms with van der Waals surface area (Å²) in [7, 11) is 0. The number of hydrogen-bond donors (Lipinski definition) is 1. The monoisotopic (exact) mass is 366 g/mol. The molecular formula is C19H24F2N2O3. The smallest absolute Gasteiger partial charge is 0.407 e. The van der Waals surface area contributed by atoms with Crippen LogP contribution in [-0.2, 0) is 16.0 Å². The first-order valence-electron chi connectivity index (χ1n) is 8.46. The van der Waals surface area contributed by atoms with Crippen LogP contribution >= 0.6 is 0 Å². The molecule has 1 aromatic rings. The summed E-state index contributed by atoms with van der Waals surface area (Å²) in [5.41, 5.74) is -0.541. The summed E-state index contributed by atoms with van der Waals surface area (Å²) < 4.78 is 33.0. The Morgan fingerprint density at radius 1 is 1.35 bits per heavy atom. The minimum Gasteiger partial charge on any atom is -0.444 e. The molecule has 1 aromatic carbocycles. The van der Waals surface area contributed by atoms with Crippen LogP contribution in [0, 0.1) is 11.6 Å². The van der Waals surface area contributed by atoms with E-state index in [4.69, 9.17) is 4.74 Å². The fourth-order valence-corrected chi connectivity index (χ4v) is 2.75. The second kappa shape index (κ2) is 7.85. The van der Waals surface area contributed by atoms with E-state index in [1.165, 1.54) is 11.0 Å². The van der Waals surface area contributed by atoms with Gasteiger partial charge in [-0.2, -0.15) is 0 Å². The van der Waals surface area contributed by atoms with Crippen molar-refractivity contribution in [1.82, 2.24) is 10.2 Å². The van der Waals surface area contributed by atoms with E-state index < -0.39 is 23.3 Å². The molecule has 0 radical (unpaired) electrons. The van der Waals surface area contributed by atoms with E-state index in [0.29, 0.717) is 19.5 Å². The molecule has 2 rings (SSSR count). The number of ether oxygens (including phenoxy) is 1. The summed E-state index contributed by atoms with van der Waals surface area (Å²) in [5, 5.41) is 2.72. The van der Waals surface area contributed by atoms with Crippen LogP contribution in [0.5, 0.6) is 0 Å². The Labute approximate surface area is 152 Å². The lowest BCUT2D eigenvalue weighted by molar-refractivity contribution is -0.129. The Bertz CT molecular complexity index is 713. The zero-order valence-corrected chi connectivity index (χ0v) is 15.3. The van der Waals surface area contributed by atoms with Crippen molar-refractivity contribution >= 4 is 18.1 Å². The van der Waals surface area contributed by atoms with Crippen LogP contribution in [0.15, 0.2) is 18.7 Å². The van der Waals surface area contributed by atoms with E-state index in [-0.39, 0.29) is 29.5 Å². The predicted molar refractivity (Wildman–Crippen MR) is 94.5 cm³/mol. The summed E-state index contributed by atoms with van der Waals surface area (Å²) in [4.78, 5) is 25.7. The fourth-order valence-electron chi connectivity index (χ4n) is 2.75. The third kappa shape index (κ3) is 5.28. The number of benzene rings is 1. The number of amides is 2. The first-order chi connectivity index (χ1) is 12.1. The van der Waals surface area contributed by atoms with Crippen LogP contribution in [0.1, 0.15) is 38.3 Å². The first-order valence-corrected chi connectivity index (χ1v) is 8.46. The minimum atomic E-state index is -0.641. The lowest BCUT2D eigenvalue weighted by atomic mass is 10.1. The van der Waals surface area contributed by atoms with Gasteiger partial charge in [0.15, 0.2) is 0 Å². The van der Waals surface area contributed by atoms with Gasteiger partial charge in [-0.1, -0.05) is 12.7 Å². The van der Waals surface area contributed by atoms with E-state index >= 15 is 0 Å². The van der Waals surface area contributed by atoms with E-state index in [9.17, 15) is 18.4 Å². The molecule has 0 aliphatic carbocycles. The van der Waals surface area contributed by atoms with Gasteiger partial charge in [0.2, 0.25) is 5.91 Å². The Balaban J connectivity index is 1.93. The van der Waals surface area contributed by atoms with E-state index in [1.54, 1.807) is 20.8 Å². The largest absolute Gasteiger partial charge is 0.444 e. The highest BCUT2D eigenvalue weighted by molar-refractivity contribution is 5.79. The molecule has 0 aromatic heterocycles. The third-order valence-electron chi connectivity index (χ3n) is 3.99. The zero-order chi connectivity index (χ0) is 19.5. The molecule has 1 atom stereocenters. The van der Waals surface area contributed by atoms with Crippen molar-refractivity contribution in [3.05, 3.63) is 41.5 Å². The lowest BCUT2D eigenvalue weighted by Gasteiger charge is -2.22. The molecule has 1 heterocycles. The molecule has 1 saturated heterocycles. The molecule has 7 heteroatoms. The van der Waals surface area contributed by atoms with Crippen molar-refractivity contribution in [3.8, 4) is 0 Å². The molecular weight excluding hydrogens is 342 g/mol. The maximum atomic E-state index is 14.0. The van der Waals surface area contributed by atoms with Gasteiger partial charge < -0.3 is 15.0 Å². The number of nitrogens with zero attached hydrogens (tertiary/aromatic N) is 1. The number of alkyl carbamates (subject to hydrolysis) is 1. The molecule has 142 valence electrons. The van der Waals surface area contributed by atoms with Crippen LogP contribution in [-0.4, -0.2) is 41.6 Å². The average Bonchev–Trinajstić information content (AvgIpc) is 2.97. The Kier molecular flexibility index (Phi) is 6.00. The standard InChI is InChI=1S/C19H24F2N2O3/c1-5-12-8-16(21)13(9-15(12)20)10-17(24)23-7-6-14(11-23)22-18(25)26-19(2,3)4/h5,8-9,14H,1,6-7,10-11H2,2-4H3,(H,22,25). The van der Waals surface area contributed by atoms with Crippen LogP contribution < -0.4 is 5.32 Å². The molecule has 0 spiro atoms. The highest BCUT2D eigenvalue weighted by Crippen LogP contribution is 2.19. The number of hydrogen-bond acceptors (Lipinski definition) is 3. The number of carbonyl (C=O) groups is 2. The summed E-state index contributed by atoms with van der Waals surface area (Å²) in [6.45, 7) is 9.46. The van der Waals surface area contributed by atoms with Crippen LogP contribution in [0.2, 0.25) is 0 Å². The molecule has 1 fully saturated rings. The van der Waals surface area contributed by atoms with Crippen molar-refractivity contribution in [2.45, 2.75) is 45.3 Å². The maximum Gasteiger partial charge on any atom is 0.407 e. The third-order valence-corrected chi connectivity index (χ3v) is 3.99. The van der Waals surface area contributed by atoms with Crippen molar-refractivity contribution in [3.63, 3.8) is 0 Å². The second-order valence-electron chi connectivity index (χ2n) is 7.32. The Hall–Kier alpha value is -2.44. The molecule has 0 bridgehead atoms. The van der Waals surface area contributed by atoms with E-state index in [2.05, 4.69) is 11.9 Å². The summed E-state index contributed by atoms with van der Waals surface area (Å²) in [5.74, 6) is -1.57. The summed E-state index contributed by atoms with van der Waals surface area (Å²) in [6.07, 6.45) is 1.03. The van der Waals surface area contributed by atoms with Gasteiger partial charge in [-0.15, -0.1) is 0 Å². The number of nitrogens with one attached hydrogen (secondary N) is 1. The predicted octanol–water partition coefficient (Wildman–Crippen LogP) is 3.28. The average molecular weight is 366 g/mol. The minimum absolute atomic E-state index is 0.00153. The highest BCUT2D eigenvalue weighted by Gasteiger charge is 2.29. The Morgan fingerprint density at radius 2 is 2.04 bits per heavy atom. The summed E-state index contributed by atoms with van der Waals surface area (Å²) in [6, 6.07) is 1.83. The van der Waals surface area contributed by atoms with Crippen molar-refractivity contribution in [2.75, 3.05) is 13.1 Å². The quantitative estimate of drug-likeness (QED) is 0.890. The van der Waals surface area contributed by atoms with Gasteiger partial charge in [-0.25, -0.2) is 13.6 Å². The van der Waals surface area contributed by atoms with Gasteiger partial charge in [0.25, 0.3) is 0 Å². The first kappa shape index (κ1) is 19.9. The van der Waals surface area contributed by atoms with E-state index in [0.717, 1.165) is 12.1 Å². The summed E-state index contributed by atoms with van der Waals surface area (Å²) >= 11 is 0. The number of halogens is 2. The molecule has 1 aliphatic heterocycles. The van der Waals surface area contributed by atoms with Gasteiger partial charge >= 0.3 is 6.09 Å². The highest BCUT2D eigenvalue weighted by atomic mass is 19.1. The molecule has 1 aliphatic rings. The topological polar surface area (TPSA) is 58.6 Å². The van der Waals surface area contributed by atoms with Crippen molar-refractivity contribution in [2.24, 2.45) is 0 Å². The number of likely N-dealkylation sites (tertiary alicyclic amines) is 1. The molecule has 0 saturated carbocycles. The molecule has 1 N–H and O–H groups in total. The van der Waals surface area contributed by atoms with Crippen LogP contribution in [0.3, 0.4) is 0 Å². The van der Waals surface area contributed by atoms with Crippen molar-refractivity contribution < 1.29 is 23.1 Å². The molecule has 26 heavy (non-hydrogen) atoms. The number of carbonyl (C=O) groups excluding carboxylic acids is 2. The van der Waals surface area contributed by atoms with Crippen LogP contribution in [0.25, 0.3) is 6.08 Å². The fraction of sp³-hybridized carbons (Fsp3) is 0.474. The zero-order valence-electron chi connectivity index (χ0n) is 15.3. The van der Waals surface area contributed by atoms with Gasteiger partial charge in [-0.05, 0) is 39.3 Å². The molecule has 2 amide bonds. The van der Waals surface area contributed by atoms with Crippen molar-refractivity contribution in [1.29, 1.82) is 0 Å². The van der Waals surface area contributed by atoms with Gasteiger partial charge in [0, 0.05) is 24.2 Å². The second-order valence-corrected chi connectivity index (χ2v) is 7.32. The van der Waals surface area contributed by atoms with Gasteiger partial charge in [0.05, 0.1) is 12.5 Å². The van der Waals surface area contributed by atoms with E-state index in [1.807, 2.05) is 0 Å². The lowest BCUT2D eigenvalue weighted by Crippen LogP contribution is -2.41.